The van der Waals surface area contributed by atoms with Crippen LogP contribution in [0.4, 0.5) is 16.2 Å². The summed E-state index contributed by atoms with van der Waals surface area (Å²) in [7, 11) is 0. The zero-order valence-corrected chi connectivity index (χ0v) is 17.5. The molecule has 1 aliphatic heterocycles. The van der Waals surface area contributed by atoms with E-state index in [4.69, 9.17) is 16.0 Å². The second-order valence-electron chi connectivity index (χ2n) is 7.27. The molecule has 2 aromatic carbocycles. The van der Waals surface area contributed by atoms with E-state index < -0.39 is 18.0 Å². The maximum Gasteiger partial charge on any atom is 0.332 e. The lowest BCUT2D eigenvalue weighted by Gasteiger charge is -2.20. The summed E-state index contributed by atoms with van der Waals surface area (Å²) in [6.07, 6.45) is 1.31. The first kappa shape index (κ1) is 20.7. The summed E-state index contributed by atoms with van der Waals surface area (Å²) in [5, 5.41) is 3.29. The molecule has 31 heavy (non-hydrogen) atoms. The summed E-state index contributed by atoms with van der Waals surface area (Å²) >= 11 is 5.88. The van der Waals surface area contributed by atoms with Crippen molar-refractivity contribution in [3.63, 3.8) is 0 Å². The molecule has 1 saturated heterocycles. The fourth-order valence-electron chi connectivity index (χ4n) is 3.44. The number of aryl methyl sites for hydroxylation is 1. The molecule has 0 radical (unpaired) electrons. The normalized spacial score (nSPS) is 16.1. The Balaban J connectivity index is 1.58. The number of amides is 4. The highest BCUT2D eigenvalue weighted by molar-refractivity contribution is 6.30. The number of anilines is 2. The molecule has 0 aliphatic carbocycles. The van der Waals surface area contributed by atoms with Crippen molar-refractivity contribution in [2.75, 3.05) is 10.2 Å². The number of benzene rings is 2. The standard InChI is InChI=1S/C23H20ClN3O4/c1-15-4-10-18(11-5-15)27-22(29)20(26(23(27)30)14-19-3-2-12-31-19)13-21(28)25-17-8-6-16(24)7-9-17/h2-12,20H,13-14H2,1H3,(H,25,28). The van der Waals surface area contributed by atoms with E-state index in [1.54, 1.807) is 48.5 Å². The SMILES string of the molecule is Cc1ccc(N2C(=O)C(CC(=O)Nc3ccc(Cl)cc3)N(Cc3ccco3)C2=O)cc1. The van der Waals surface area contributed by atoms with Crippen molar-refractivity contribution < 1.29 is 18.8 Å². The fraction of sp³-hybridized carbons (Fsp3) is 0.174. The Kier molecular flexibility index (Phi) is 5.77. The second kappa shape index (κ2) is 8.65. The van der Waals surface area contributed by atoms with E-state index in [1.807, 2.05) is 19.1 Å². The minimum absolute atomic E-state index is 0.0822. The quantitative estimate of drug-likeness (QED) is 0.571. The zero-order valence-electron chi connectivity index (χ0n) is 16.7. The van der Waals surface area contributed by atoms with Crippen LogP contribution in [0.2, 0.25) is 5.02 Å². The number of furan rings is 1. The van der Waals surface area contributed by atoms with E-state index in [0.717, 1.165) is 10.5 Å². The summed E-state index contributed by atoms with van der Waals surface area (Å²) < 4.78 is 5.36. The highest BCUT2D eigenvalue weighted by atomic mass is 35.5. The van der Waals surface area contributed by atoms with Gasteiger partial charge in [-0.25, -0.2) is 9.69 Å². The van der Waals surface area contributed by atoms with Crippen molar-refractivity contribution >= 4 is 40.8 Å². The molecule has 2 heterocycles. The number of hydrogen-bond acceptors (Lipinski definition) is 4. The van der Waals surface area contributed by atoms with Gasteiger partial charge in [0, 0.05) is 10.7 Å². The van der Waals surface area contributed by atoms with Crippen LogP contribution in [0, 0.1) is 6.92 Å². The minimum Gasteiger partial charge on any atom is -0.467 e. The molecule has 3 aromatic rings. The van der Waals surface area contributed by atoms with Gasteiger partial charge in [-0.05, 0) is 55.5 Å². The van der Waals surface area contributed by atoms with Crippen molar-refractivity contribution in [1.29, 1.82) is 0 Å². The van der Waals surface area contributed by atoms with Crippen LogP contribution >= 0.6 is 11.6 Å². The minimum atomic E-state index is -0.953. The van der Waals surface area contributed by atoms with Gasteiger partial charge in [-0.1, -0.05) is 29.3 Å². The second-order valence-corrected chi connectivity index (χ2v) is 7.71. The van der Waals surface area contributed by atoms with Crippen LogP contribution in [0.3, 0.4) is 0 Å². The first-order chi connectivity index (χ1) is 14.9. The summed E-state index contributed by atoms with van der Waals surface area (Å²) in [5.74, 6) is -0.314. The average Bonchev–Trinajstić information content (AvgIpc) is 3.33. The molecule has 4 rings (SSSR count). The van der Waals surface area contributed by atoms with Gasteiger partial charge < -0.3 is 14.6 Å². The highest BCUT2D eigenvalue weighted by Crippen LogP contribution is 2.29. The van der Waals surface area contributed by atoms with E-state index in [1.165, 1.54) is 11.2 Å². The summed E-state index contributed by atoms with van der Waals surface area (Å²) in [6.45, 7) is 2.00. The number of hydrogen-bond donors (Lipinski definition) is 1. The van der Waals surface area contributed by atoms with Gasteiger partial charge in [0.15, 0.2) is 0 Å². The molecule has 1 N–H and O–H groups in total. The van der Waals surface area contributed by atoms with E-state index in [2.05, 4.69) is 5.32 Å². The molecule has 4 amide bonds. The van der Waals surface area contributed by atoms with Crippen molar-refractivity contribution in [2.45, 2.75) is 25.9 Å². The summed E-state index contributed by atoms with van der Waals surface area (Å²) in [4.78, 5) is 41.5. The summed E-state index contributed by atoms with van der Waals surface area (Å²) in [6, 6.07) is 15.7. The molecule has 1 aliphatic rings. The van der Waals surface area contributed by atoms with Crippen LogP contribution in [0.5, 0.6) is 0 Å². The maximum absolute atomic E-state index is 13.2. The van der Waals surface area contributed by atoms with Gasteiger partial charge in [-0.3, -0.25) is 9.59 Å². The Hall–Kier alpha value is -3.58. The van der Waals surface area contributed by atoms with Crippen LogP contribution in [0.25, 0.3) is 0 Å². The number of halogens is 1. The van der Waals surface area contributed by atoms with Gasteiger partial charge in [0.25, 0.3) is 5.91 Å². The Labute approximate surface area is 184 Å². The maximum atomic E-state index is 13.2. The molecular formula is C23H20ClN3O4. The number of nitrogens with one attached hydrogen (secondary N) is 1. The number of imide groups is 1. The predicted octanol–water partition coefficient (Wildman–Crippen LogP) is 4.61. The molecular weight excluding hydrogens is 418 g/mol. The molecule has 1 aromatic heterocycles. The molecule has 0 spiro atoms. The van der Waals surface area contributed by atoms with Crippen LogP contribution in [-0.4, -0.2) is 28.8 Å². The molecule has 158 valence electrons. The number of rotatable bonds is 6. The van der Waals surface area contributed by atoms with Gasteiger partial charge in [0.05, 0.1) is 24.9 Å². The van der Waals surface area contributed by atoms with Crippen LogP contribution in [-0.2, 0) is 16.1 Å². The Morgan fingerprint density at radius 3 is 2.42 bits per heavy atom. The Morgan fingerprint density at radius 1 is 1.06 bits per heavy atom. The van der Waals surface area contributed by atoms with Gasteiger partial charge >= 0.3 is 6.03 Å². The van der Waals surface area contributed by atoms with E-state index in [9.17, 15) is 14.4 Å². The zero-order chi connectivity index (χ0) is 22.0. The van der Waals surface area contributed by atoms with Gasteiger partial charge in [0.1, 0.15) is 11.8 Å². The molecule has 1 fully saturated rings. The van der Waals surface area contributed by atoms with E-state index >= 15 is 0 Å². The molecule has 0 saturated carbocycles. The Bertz CT molecular complexity index is 1090. The third kappa shape index (κ3) is 4.46. The van der Waals surface area contributed by atoms with Gasteiger partial charge in [-0.2, -0.15) is 0 Å². The highest BCUT2D eigenvalue weighted by Gasteiger charge is 2.46. The largest absolute Gasteiger partial charge is 0.467 e. The van der Waals surface area contributed by atoms with Crippen molar-refractivity contribution in [2.24, 2.45) is 0 Å². The first-order valence-electron chi connectivity index (χ1n) is 9.71. The van der Waals surface area contributed by atoms with E-state index in [-0.39, 0.29) is 18.9 Å². The molecule has 1 atom stereocenters. The predicted molar refractivity (Wildman–Crippen MR) is 117 cm³/mol. The van der Waals surface area contributed by atoms with Crippen LogP contribution < -0.4 is 10.2 Å². The molecule has 0 bridgehead atoms. The summed E-state index contributed by atoms with van der Waals surface area (Å²) in [5.41, 5.74) is 2.03. The topological polar surface area (TPSA) is 82.9 Å². The monoisotopic (exact) mass is 437 g/mol. The van der Waals surface area contributed by atoms with Gasteiger partial charge in [-0.15, -0.1) is 0 Å². The molecule has 8 heteroatoms. The average molecular weight is 438 g/mol. The van der Waals surface area contributed by atoms with Crippen molar-refractivity contribution in [1.82, 2.24) is 4.90 Å². The lowest BCUT2D eigenvalue weighted by Crippen LogP contribution is -2.37. The van der Waals surface area contributed by atoms with Crippen LogP contribution in [0.15, 0.2) is 71.3 Å². The van der Waals surface area contributed by atoms with Crippen molar-refractivity contribution in [3.05, 3.63) is 83.3 Å². The lowest BCUT2D eigenvalue weighted by molar-refractivity contribution is -0.124. The number of carbonyl (C=O) groups excluding carboxylic acids is 3. The third-order valence-corrected chi connectivity index (χ3v) is 5.28. The fourth-order valence-corrected chi connectivity index (χ4v) is 3.56. The lowest BCUT2D eigenvalue weighted by atomic mass is 10.1. The number of nitrogens with zero attached hydrogens (tertiary/aromatic N) is 2. The number of urea groups is 1. The van der Waals surface area contributed by atoms with Gasteiger partial charge in [0.2, 0.25) is 5.91 Å². The Morgan fingerprint density at radius 2 is 1.77 bits per heavy atom. The smallest absolute Gasteiger partial charge is 0.332 e. The van der Waals surface area contributed by atoms with Crippen LogP contribution in [0.1, 0.15) is 17.7 Å². The van der Waals surface area contributed by atoms with Crippen molar-refractivity contribution in [3.8, 4) is 0 Å². The molecule has 1 unspecified atom stereocenters. The van der Waals surface area contributed by atoms with E-state index in [0.29, 0.717) is 22.2 Å². The third-order valence-electron chi connectivity index (χ3n) is 5.02. The molecule has 7 nitrogen and oxygen atoms in total. The number of carbonyl (C=O) groups is 3. The first-order valence-corrected chi connectivity index (χ1v) is 10.1.